The molecule has 2 aliphatic carbocycles. The van der Waals surface area contributed by atoms with Gasteiger partial charge in [0.05, 0.1) is 0 Å². The zero-order chi connectivity index (χ0) is 9.47. The van der Waals surface area contributed by atoms with Gasteiger partial charge >= 0.3 is 0 Å². The van der Waals surface area contributed by atoms with Crippen LogP contribution in [-0.2, 0) is 0 Å². The van der Waals surface area contributed by atoms with Crippen LogP contribution in [0.15, 0.2) is 0 Å². The molecule has 13 heavy (non-hydrogen) atoms. The van der Waals surface area contributed by atoms with Crippen molar-refractivity contribution in [2.24, 2.45) is 23.2 Å². The van der Waals surface area contributed by atoms with E-state index in [1.54, 1.807) is 12.8 Å². The number of rotatable bonds is 5. The summed E-state index contributed by atoms with van der Waals surface area (Å²) in [5.74, 6) is 3.29. The van der Waals surface area contributed by atoms with Gasteiger partial charge in [-0.15, -0.1) is 0 Å². The van der Waals surface area contributed by atoms with Crippen LogP contribution in [0.4, 0.5) is 0 Å². The first-order valence-electron chi connectivity index (χ1n) is 6.15. The first-order valence-corrected chi connectivity index (χ1v) is 6.15. The Kier molecular flexibility index (Phi) is 2.42. The van der Waals surface area contributed by atoms with Gasteiger partial charge in [0.25, 0.3) is 0 Å². The van der Waals surface area contributed by atoms with Crippen molar-refractivity contribution in [3.05, 3.63) is 0 Å². The van der Waals surface area contributed by atoms with E-state index >= 15 is 0 Å². The molecule has 0 amide bonds. The standard InChI is InChI=1S/C13H24/c1-4-10(2)6-5-7-13(3)9-11-8-12(11)13/h10-12H,4-9H2,1-3H3. The summed E-state index contributed by atoms with van der Waals surface area (Å²) in [6.45, 7) is 7.23. The second-order valence-corrected chi connectivity index (χ2v) is 5.87. The van der Waals surface area contributed by atoms with Crippen molar-refractivity contribution >= 4 is 0 Å². The summed E-state index contributed by atoms with van der Waals surface area (Å²) in [5.41, 5.74) is 0.790. The van der Waals surface area contributed by atoms with E-state index in [-0.39, 0.29) is 0 Å². The molecule has 0 N–H and O–H groups in total. The second kappa shape index (κ2) is 3.29. The molecule has 4 unspecified atom stereocenters. The van der Waals surface area contributed by atoms with Crippen LogP contribution in [0.25, 0.3) is 0 Å². The minimum absolute atomic E-state index is 0.790. The molecule has 0 aromatic heterocycles. The van der Waals surface area contributed by atoms with Gasteiger partial charge in [0.2, 0.25) is 0 Å². The fraction of sp³-hybridized carbons (Fsp3) is 1.00. The third-order valence-corrected chi connectivity index (χ3v) is 4.69. The Morgan fingerprint density at radius 3 is 2.69 bits per heavy atom. The summed E-state index contributed by atoms with van der Waals surface area (Å²) in [4.78, 5) is 0. The van der Waals surface area contributed by atoms with Crippen molar-refractivity contribution < 1.29 is 0 Å². The predicted molar refractivity (Wildman–Crippen MR) is 57.6 cm³/mol. The topological polar surface area (TPSA) is 0 Å². The van der Waals surface area contributed by atoms with Crippen molar-refractivity contribution in [1.82, 2.24) is 0 Å². The summed E-state index contributed by atoms with van der Waals surface area (Å²) in [5, 5.41) is 0. The lowest BCUT2D eigenvalue weighted by molar-refractivity contribution is 0.118. The highest BCUT2D eigenvalue weighted by atomic mass is 14.6. The minimum atomic E-state index is 0.790. The monoisotopic (exact) mass is 180 g/mol. The number of hydrogen-bond acceptors (Lipinski definition) is 0. The van der Waals surface area contributed by atoms with Crippen molar-refractivity contribution in [2.75, 3.05) is 0 Å². The normalized spacial score (nSPS) is 43.6. The van der Waals surface area contributed by atoms with Crippen LogP contribution in [0.2, 0.25) is 0 Å². The van der Waals surface area contributed by atoms with Crippen molar-refractivity contribution in [3.8, 4) is 0 Å². The maximum Gasteiger partial charge on any atom is -0.0292 e. The van der Waals surface area contributed by atoms with E-state index in [0.29, 0.717) is 0 Å². The molecule has 0 radical (unpaired) electrons. The molecule has 2 fully saturated rings. The van der Waals surface area contributed by atoms with E-state index in [9.17, 15) is 0 Å². The molecule has 0 aliphatic heterocycles. The van der Waals surface area contributed by atoms with Gasteiger partial charge in [-0.1, -0.05) is 40.0 Å². The van der Waals surface area contributed by atoms with E-state index in [0.717, 1.165) is 17.3 Å². The van der Waals surface area contributed by atoms with E-state index in [4.69, 9.17) is 0 Å². The SMILES string of the molecule is CCC(C)CCCC1(C)CC2CC21. The molecular weight excluding hydrogens is 156 g/mol. The van der Waals surface area contributed by atoms with Gasteiger partial charge < -0.3 is 0 Å². The lowest BCUT2D eigenvalue weighted by atomic mass is 9.67. The van der Waals surface area contributed by atoms with Gasteiger partial charge in [-0.05, 0) is 42.4 Å². The number of hydrogen-bond donors (Lipinski definition) is 0. The average Bonchev–Trinajstić information content (AvgIpc) is 2.78. The molecule has 4 atom stereocenters. The molecule has 2 rings (SSSR count). The Morgan fingerprint density at radius 2 is 2.23 bits per heavy atom. The highest BCUT2D eigenvalue weighted by Crippen LogP contribution is 2.68. The molecular formula is C13H24. The largest absolute Gasteiger partial charge is 0.0651 e. The van der Waals surface area contributed by atoms with E-state index in [1.165, 1.54) is 31.6 Å². The zero-order valence-corrected chi connectivity index (χ0v) is 9.47. The Hall–Kier alpha value is 0. The maximum atomic E-state index is 2.53. The molecule has 0 saturated heterocycles. The van der Waals surface area contributed by atoms with Gasteiger partial charge in [0.1, 0.15) is 0 Å². The van der Waals surface area contributed by atoms with Gasteiger partial charge in [-0.3, -0.25) is 0 Å². The van der Waals surface area contributed by atoms with Gasteiger partial charge in [-0.25, -0.2) is 0 Å². The lowest BCUT2D eigenvalue weighted by Gasteiger charge is -2.38. The van der Waals surface area contributed by atoms with Gasteiger partial charge in [0, 0.05) is 0 Å². The lowest BCUT2D eigenvalue weighted by Crippen LogP contribution is -2.29. The molecule has 0 heterocycles. The van der Waals surface area contributed by atoms with Crippen LogP contribution in [0.3, 0.4) is 0 Å². The molecule has 2 aliphatic rings. The van der Waals surface area contributed by atoms with Crippen molar-refractivity contribution in [2.45, 2.75) is 59.3 Å². The highest BCUT2D eigenvalue weighted by Gasteiger charge is 2.60. The average molecular weight is 180 g/mol. The molecule has 0 nitrogen and oxygen atoms in total. The van der Waals surface area contributed by atoms with Gasteiger partial charge in [-0.2, -0.15) is 0 Å². The fourth-order valence-electron chi connectivity index (χ4n) is 3.26. The van der Waals surface area contributed by atoms with Gasteiger partial charge in [0.15, 0.2) is 0 Å². The first kappa shape index (κ1) is 9.55. The van der Waals surface area contributed by atoms with E-state index in [2.05, 4.69) is 20.8 Å². The first-order chi connectivity index (χ1) is 6.15. The molecule has 2 saturated carbocycles. The summed E-state index contributed by atoms with van der Waals surface area (Å²) >= 11 is 0. The quantitative estimate of drug-likeness (QED) is 0.593. The summed E-state index contributed by atoms with van der Waals surface area (Å²) < 4.78 is 0. The van der Waals surface area contributed by atoms with Crippen LogP contribution >= 0.6 is 0 Å². The summed E-state index contributed by atoms with van der Waals surface area (Å²) in [6, 6.07) is 0. The van der Waals surface area contributed by atoms with Crippen LogP contribution in [0.5, 0.6) is 0 Å². The second-order valence-electron chi connectivity index (χ2n) is 5.87. The Morgan fingerprint density at radius 1 is 1.46 bits per heavy atom. The predicted octanol–water partition coefficient (Wildman–Crippen LogP) is 4.25. The van der Waals surface area contributed by atoms with Crippen LogP contribution in [-0.4, -0.2) is 0 Å². The summed E-state index contributed by atoms with van der Waals surface area (Å²) in [7, 11) is 0. The molecule has 0 bridgehead atoms. The molecule has 0 aromatic carbocycles. The number of fused-ring (bicyclic) bond motifs is 1. The Bertz CT molecular complexity index is 184. The molecule has 76 valence electrons. The Balaban J connectivity index is 1.62. The Labute approximate surface area is 83.1 Å². The zero-order valence-electron chi connectivity index (χ0n) is 9.47. The van der Waals surface area contributed by atoms with Crippen molar-refractivity contribution in [1.29, 1.82) is 0 Å². The third kappa shape index (κ3) is 1.78. The molecule has 0 aromatic rings. The van der Waals surface area contributed by atoms with Crippen molar-refractivity contribution in [3.63, 3.8) is 0 Å². The summed E-state index contributed by atoms with van der Waals surface area (Å²) in [6.07, 6.45) is 8.94. The highest BCUT2D eigenvalue weighted by molar-refractivity contribution is 5.09. The van der Waals surface area contributed by atoms with E-state index < -0.39 is 0 Å². The molecule has 0 spiro atoms. The fourth-order valence-corrected chi connectivity index (χ4v) is 3.26. The van der Waals surface area contributed by atoms with E-state index in [1.807, 2.05) is 0 Å². The third-order valence-electron chi connectivity index (χ3n) is 4.69. The maximum absolute atomic E-state index is 2.53. The van der Waals surface area contributed by atoms with Crippen LogP contribution in [0.1, 0.15) is 59.3 Å². The van der Waals surface area contributed by atoms with Crippen LogP contribution in [0, 0.1) is 23.2 Å². The van der Waals surface area contributed by atoms with Crippen LogP contribution < -0.4 is 0 Å². The molecule has 0 heteroatoms. The smallest absolute Gasteiger partial charge is 0.0292 e. The minimum Gasteiger partial charge on any atom is -0.0651 e.